The van der Waals surface area contributed by atoms with Gasteiger partial charge in [-0.2, -0.15) is 0 Å². The number of pyridine rings is 1. The quantitative estimate of drug-likeness (QED) is 0.630. The highest BCUT2D eigenvalue weighted by atomic mass is 32.2. The van der Waals surface area contributed by atoms with E-state index in [9.17, 15) is 18.3 Å². The number of likely N-dealkylation sites (N-methyl/N-ethyl adjacent to an activating group) is 1. The molecule has 9 nitrogen and oxygen atoms in total. The zero-order chi connectivity index (χ0) is 22.5. The normalized spacial score (nSPS) is 20.5. The van der Waals surface area contributed by atoms with Crippen molar-refractivity contribution in [2.24, 2.45) is 5.92 Å². The van der Waals surface area contributed by atoms with Gasteiger partial charge in [-0.05, 0) is 13.0 Å². The molecule has 0 unspecified atom stereocenters. The minimum Gasteiger partial charge on any atom is -0.472 e. The van der Waals surface area contributed by atoms with Crippen LogP contribution in [-0.2, 0) is 14.8 Å². The lowest BCUT2D eigenvalue weighted by molar-refractivity contribution is 0.0373. The number of ether oxygens (including phenoxy) is 2. The van der Waals surface area contributed by atoms with E-state index in [0.717, 1.165) is 6.26 Å². The van der Waals surface area contributed by atoms with Gasteiger partial charge in [0.2, 0.25) is 15.9 Å². The third-order valence-electron chi connectivity index (χ3n) is 4.97. The number of fused-ring (bicyclic) bond motifs is 1. The Bertz CT molecular complexity index is 924. The summed E-state index contributed by atoms with van der Waals surface area (Å²) in [7, 11) is -0.393. The van der Waals surface area contributed by atoms with E-state index in [1.54, 1.807) is 17.9 Å². The summed E-state index contributed by atoms with van der Waals surface area (Å²) in [5, 5.41) is 9.65. The highest BCUT2D eigenvalue weighted by molar-refractivity contribution is 7.88. The standard InChI is InChI=1S/C20H29N3O6S/c1-14-11-23(15(2)13-24)20(25)17-9-16(7-6-8-28-4)10-21-19(17)29-18(14)12-22(3)30(5,26)27/h9-10,14-15,18,24H,8,11-13H2,1-5H3/t14-,15-,18+/m1/s1. The number of nitrogens with zero attached hydrogens (tertiary/aromatic N) is 3. The van der Waals surface area contributed by atoms with Gasteiger partial charge in [-0.1, -0.05) is 18.8 Å². The van der Waals surface area contributed by atoms with E-state index in [1.807, 2.05) is 6.92 Å². The predicted molar refractivity (Wildman–Crippen MR) is 112 cm³/mol. The lowest BCUT2D eigenvalue weighted by atomic mass is 10.0. The van der Waals surface area contributed by atoms with E-state index in [-0.39, 0.29) is 43.0 Å². The lowest BCUT2D eigenvalue weighted by Crippen LogP contribution is -2.50. The van der Waals surface area contributed by atoms with Crippen LogP contribution in [0.25, 0.3) is 0 Å². The van der Waals surface area contributed by atoms with Gasteiger partial charge in [0.1, 0.15) is 18.3 Å². The maximum Gasteiger partial charge on any atom is 0.259 e. The molecule has 10 heteroatoms. The molecule has 30 heavy (non-hydrogen) atoms. The number of sulfonamides is 1. The number of amides is 1. The molecule has 1 aliphatic heterocycles. The molecule has 0 aliphatic carbocycles. The summed E-state index contributed by atoms with van der Waals surface area (Å²) < 4.78 is 35.9. The monoisotopic (exact) mass is 439 g/mol. The van der Waals surface area contributed by atoms with E-state index in [0.29, 0.717) is 12.1 Å². The van der Waals surface area contributed by atoms with Crippen LogP contribution in [0.2, 0.25) is 0 Å². The number of carbonyl (C=O) groups excluding carboxylic acids is 1. The zero-order valence-electron chi connectivity index (χ0n) is 18.0. The van der Waals surface area contributed by atoms with Gasteiger partial charge >= 0.3 is 0 Å². The van der Waals surface area contributed by atoms with Crippen molar-refractivity contribution in [3.8, 4) is 17.7 Å². The van der Waals surface area contributed by atoms with Crippen LogP contribution in [0.1, 0.15) is 29.8 Å². The van der Waals surface area contributed by atoms with Crippen LogP contribution in [0.3, 0.4) is 0 Å². The lowest BCUT2D eigenvalue weighted by Gasteiger charge is -2.37. The first-order valence-electron chi connectivity index (χ1n) is 9.56. The van der Waals surface area contributed by atoms with Crippen molar-refractivity contribution >= 4 is 15.9 Å². The van der Waals surface area contributed by atoms with Crippen molar-refractivity contribution in [3.63, 3.8) is 0 Å². The smallest absolute Gasteiger partial charge is 0.259 e. The zero-order valence-corrected chi connectivity index (χ0v) is 18.8. The Kier molecular flexibility index (Phi) is 8.20. The molecule has 1 N–H and O–H groups in total. The van der Waals surface area contributed by atoms with Crippen molar-refractivity contribution in [1.29, 1.82) is 0 Å². The maximum atomic E-state index is 13.2. The van der Waals surface area contributed by atoms with Crippen LogP contribution in [0.4, 0.5) is 0 Å². The fourth-order valence-electron chi connectivity index (χ4n) is 2.99. The Labute approximate surface area is 178 Å². The molecular weight excluding hydrogens is 410 g/mol. The third kappa shape index (κ3) is 5.92. The largest absolute Gasteiger partial charge is 0.472 e. The summed E-state index contributed by atoms with van der Waals surface area (Å²) in [4.78, 5) is 19.1. The van der Waals surface area contributed by atoms with Crippen LogP contribution in [0, 0.1) is 17.8 Å². The summed E-state index contributed by atoms with van der Waals surface area (Å²) in [6, 6.07) is 1.17. The van der Waals surface area contributed by atoms with Crippen molar-refractivity contribution in [3.05, 3.63) is 23.4 Å². The summed E-state index contributed by atoms with van der Waals surface area (Å²) in [5.41, 5.74) is 0.746. The number of carbonyl (C=O) groups is 1. The van der Waals surface area contributed by atoms with Gasteiger partial charge < -0.3 is 19.5 Å². The molecule has 0 spiro atoms. The molecule has 0 saturated heterocycles. The fraction of sp³-hybridized carbons (Fsp3) is 0.600. The molecule has 0 fully saturated rings. The molecule has 0 saturated carbocycles. The Hall–Kier alpha value is -2.19. The maximum absolute atomic E-state index is 13.2. The number of methoxy groups -OCH3 is 1. The summed E-state index contributed by atoms with van der Waals surface area (Å²) in [5.74, 6) is 5.28. The second-order valence-electron chi connectivity index (χ2n) is 7.48. The SMILES string of the molecule is COCC#Cc1cnc2c(c1)C(=O)N([C@H](C)CO)C[C@@H](C)[C@H](CN(C)S(C)(=O)=O)O2. The molecule has 1 aromatic heterocycles. The third-order valence-corrected chi connectivity index (χ3v) is 6.25. The average molecular weight is 440 g/mol. The summed E-state index contributed by atoms with van der Waals surface area (Å²) in [6.45, 7) is 4.06. The number of aromatic nitrogens is 1. The van der Waals surface area contributed by atoms with Crippen LogP contribution in [0.5, 0.6) is 5.88 Å². The molecule has 1 amide bonds. The van der Waals surface area contributed by atoms with Gasteiger partial charge in [0.25, 0.3) is 5.91 Å². The Morgan fingerprint density at radius 2 is 2.20 bits per heavy atom. The first-order chi connectivity index (χ1) is 14.1. The molecule has 2 rings (SSSR count). The number of aliphatic hydroxyl groups is 1. The van der Waals surface area contributed by atoms with Gasteiger partial charge in [-0.25, -0.2) is 17.7 Å². The van der Waals surface area contributed by atoms with Crippen molar-refractivity contribution < 1.29 is 27.8 Å². The minimum absolute atomic E-state index is 0.103. The number of aliphatic hydroxyl groups excluding tert-OH is 1. The van der Waals surface area contributed by atoms with Crippen molar-refractivity contribution in [2.45, 2.75) is 26.0 Å². The number of rotatable bonds is 6. The van der Waals surface area contributed by atoms with Crippen LogP contribution in [-0.4, -0.2) is 92.5 Å². The molecule has 166 valence electrons. The Morgan fingerprint density at radius 3 is 2.80 bits per heavy atom. The van der Waals surface area contributed by atoms with E-state index >= 15 is 0 Å². The minimum atomic E-state index is -3.41. The first-order valence-corrected chi connectivity index (χ1v) is 11.4. The average Bonchev–Trinajstić information content (AvgIpc) is 2.69. The predicted octanol–water partition coefficient (Wildman–Crippen LogP) is 0.191. The summed E-state index contributed by atoms with van der Waals surface area (Å²) in [6.07, 6.45) is 2.09. The number of hydrogen-bond donors (Lipinski definition) is 1. The fourth-order valence-corrected chi connectivity index (χ4v) is 3.41. The molecule has 1 aliphatic rings. The highest BCUT2D eigenvalue weighted by Gasteiger charge is 2.35. The summed E-state index contributed by atoms with van der Waals surface area (Å²) >= 11 is 0. The second-order valence-corrected chi connectivity index (χ2v) is 9.57. The van der Waals surface area contributed by atoms with Gasteiger partial charge in [0.05, 0.1) is 25.4 Å². The highest BCUT2D eigenvalue weighted by Crippen LogP contribution is 2.27. The topological polar surface area (TPSA) is 109 Å². The molecule has 1 aromatic rings. The molecule has 0 bridgehead atoms. The van der Waals surface area contributed by atoms with Gasteiger partial charge in [-0.3, -0.25) is 4.79 Å². The molecule has 2 heterocycles. The molecule has 0 aromatic carbocycles. The van der Waals surface area contributed by atoms with Gasteiger partial charge in [-0.15, -0.1) is 0 Å². The van der Waals surface area contributed by atoms with E-state index in [4.69, 9.17) is 9.47 Å². The molecule has 3 atom stereocenters. The molecular formula is C20H29N3O6S. The number of hydrogen-bond acceptors (Lipinski definition) is 7. The van der Waals surface area contributed by atoms with Crippen LogP contribution >= 0.6 is 0 Å². The van der Waals surface area contributed by atoms with E-state index in [2.05, 4.69) is 16.8 Å². The van der Waals surface area contributed by atoms with Crippen LogP contribution < -0.4 is 4.74 Å². The second kappa shape index (κ2) is 10.2. The van der Waals surface area contributed by atoms with Crippen molar-refractivity contribution in [1.82, 2.24) is 14.2 Å². The van der Waals surface area contributed by atoms with Crippen LogP contribution in [0.15, 0.2) is 12.3 Å². The van der Waals surface area contributed by atoms with Crippen molar-refractivity contribution in [2.75, 3.05) is 46.7 Å². The van der Waals surface area contributed by atoms with E-state index < -0.39 is 22.2 Å². The van der Waals surface area contributed by atoms with Gasteiger partial charge in [0, 0.05) is 38.4 Å². The first kappa shape index (κ1) is 24.1. The Morgan fingerprint density at radius 1 is 1.50 bits per heavy atom. The Balaban J connectivity index is 2.49. The molecule has 0 radical (unpaired) electrons. The van der Waals surface area contributed by atoms with E-state index in [1.165, 1.54) is 24.7 Å². The van der Waals surface area contributed by atoms with Gasteiger partial charge in [0.15, 0.2) is 0 Å².